The average Bonchev–Trinajstić information content (AvgIpc) is 3.28. The molecule has 28 heteroatoms. The number of amides is 7. The van der Waals surface area contributed by atoms with E-state index in [2.05, 4.69) is 68.4 Å². The van der Waals surface area contributed by atoms with Gasteiger partial charge in [0.2, 0.25) is 41.4 Å². The summed E-state index contributed by atoms with van der Waals surface area (Å²) in [5, 5.41) is 61.6. The SMILES string of the molecule is CNC(=O)[C@H](CCNC(N)N)NC(=O)[C@@H]1CSSC[C@H](NC(=O)[C@H](C)NC(=O)CCC(=O)NCCN(CCNC(C)(C)/C(C)=N\O)CCNC(C)(C)/C(C)=N\O)C(=O)N[C@@H](CC(=O)O)C(=O)N1. The summed E-state index contributed by atoms with van der Waals surface area (Å²) in [5.74, 6) is -6.65. The van der Waals surface area contributed by atoms with Gasteiger partial charge in [-0.3, -0.25) is 48.6 Å². The fourth-order valence-corrected chi connectivity index (χ4v) is 8.20. The number of rotatable bonds is 28. The number of carboxylic acid groups (broad SMARTS) is 1. The van der Waals surface area contributed by atoms with Gasteiger partial charge in [-0.15, -0.1) is 0 Å². The first-order valence-electron chi connectivity index (χ1n) is 21.7. The molecule has 1 aliphatic heterocycles. The van der Waals surface area contributed by atoms with Gasteiger partial charge in [-0.1, -0.05) is 31.9 Å². The van der Waals surface area contributed by atoms with Crippen LogP contribution in [-0.2, 0) is 38.4 Å². The number of nitrogens with one attached hydrogen (secondary N) is 10. The number of hydrogen-bond donors (Lipinski definition) is 15. The van der Waals surface area contributed by atoms with Crippen LogP contribution in [0.5, 0.6) is 0 Å². The van der Waals surface area contributed by atoms with E-state index in [4.69, 9.17) is 11.5 Å². The van der Waals surface area contributed by atoms with Crippen molar-refractivity contribution in [2.24, 2.45) is 21.8 Å². The van der Waals surface area contributed by atoms with Crippen LogP contribution in [0.3, 0.4) is 0 Å². The van der Waals surface area contributed by atoms with E-state index in [0.717, 1.165) is 21.6 Å². The van der Waals surface area contributed by atoms with Gasteiger partial charge in [0.15, 0.2) is 0 Å². The van der Waals surface area contributed by atoms with Crippen molar-refractivity contribution in [2.75, 3.05) is 64.4 Å². The second-order valence-electron chi connectivity index (χ2n) is 16.7. The zero-order valence-corrected chi connectivity index (χ0v) is 41.2. The maximum atomic E-state index is 13.4. The number of oxime groups is 2. The summed E-state index contributed by atoms with van der Waals surface area (Å²) in [6.45, 7) is 15.4. The molecule has 0 spiro atoms. The molecule has 0 radical (unpaired) electrons. The Balaban J connectivity index is 2.87. The molecule has 0 aromatic heterocycles. The molecule has 0 bridgehead atoms. The lowest BCUT2D eigenvalue weighted by molar-refractivity contribution is -0.141. The minimum absolute atomic E-state index is 0.0808. The van der Waals surface area contributed by atoms with Crippen LogP contribution in [-0.4, -0.2) is 191 Å². The first kappa shape index (κ1) is 60.2. The highest BCUT2D eigenvalue weighted by Gasteiger charge is 2.34. The van der Waals surface area contributed by atoms with Gasteiger partial charge in [-0.2, -0.15) is 0 Å². The van der Waals surface area contributed by atoms with Crippen LogP contribution in [0.2, 0.25) is 0 Å². The van der Waals surface area contributed by atoms with Crippen molar-refractivity contribution in [3.05, 3.63) is 0 Å². The Labute approximate surface area is 399 Å². The topological polar surface area (TPSA) is 398 Å². The van der Waals surface area contributed by atoms with E-state index in [9.17, 15) is 53.9 Å². The molecule has 5 atom stereocenters. The molecule has 26 nitrogen and oxygen atoms in total. The lowest BCUT2D eigenvalue weighted by Gasteiger charge is -2.30. The monoisotopic (exact) mass is 992 g/mol. The van der Waals surface area contributed by atoms with Crippen LogP contribution in [0.4, 0.5) is 0 Å². The lowest BCUT2D eigenvalue weighted by Crippen LogP contribution is -2.60. The van der Waals surface area contributed by atoms with Crippen LogP contribution in [0.25, 0.3) is 0 Å². The normalized spacial score (nSPS) is 18.7. The van der Waals surface area contributed by atoms with Crippen LogP contribution < -0.4 is 64.6 Å². The van der Waals surface area contributed by atoms with Gasteiger partial charge in [0.25, 0.3) is 0 Å². The molecule has 0 saturated carbocycles. The van der Waals surface area contributed by atoms with E-state index in [1.807, 2.05) is 27.7 Å². The van der Waals surface area contributed by atoms with Crippen molar-refractivity contribution in [1.29, 1.82) is 0 Å². The predicted molar refractivity (Wildman–Crippen MR) is 254 cm³/mol. The first-order valence-corrected chi connectivity index (χ1v) is 24.2. The van der Waals surface area contributed by atoms with Crippen LogP contribution in [0.1, 0.15) is 74.1 Å². The molecule has 0 aliphatic carbocycles. The average molecular weight is 992 g/mol. The highest BCUT2D eigenvalue weighted by Crippen LogP contribution is 2.24. The fraction of sp³-hybridized carbons (Fsp3) is 0.744. The Kier molecular flexibility index (Phi) is 27.4. The third-order valence-electron chi connectivity index (χ3n) is 10.7. The second-order valence-corrected chi connectivity index (χ2v) is 19.3. The van der Waals surface area contributed by atoms with Crippen LogP contribution >= 0.6 is 21.6 Å². The molecule has 67 heavy (non-hydrogen) atoms. The van der Waals surface area contributed by atoms with E-state index in [-0.39, 0.29) is 43.9 Å². The molecule has 0 unspecified atom stereocenters. The zero-order valence-electron chi connectivity index (χ0n) is 39.6. The molecule has 1 heterocycles. The first-order chi connectivity index (χ1) is 31.4. The Morgan fingerprint density at radius 1 is 0.806 bits per heavy atom. The number of nitrogens with zero attached hydrogens (tertiary/aromatic N) is 3. The minimum atomic E-state index is -1.66. The Hall–Kier alpha value is -4.84. The van der Waals surface area contributed by atoms with Gasteiger partial charge >= 0.3 is 5.97 Å². The number of nitrogens with two attached hydrogens (primary N) is 2. The summed E-state index contributed by atoms with van der Waals surface area (Å²) < 4.78 is 0. The van der Waals surface area contributed by atoms with Crippen molar-refractivity contribution < 1.29 is 53.9 Å². The standard InChI is InChI=1S/C39H73N15O11S2/c1-22(47-30(56)10-9-29(55)43-13-16-54(17-14-45-38(4,5)23(2)52-64)18-15-46-39(6,7)24(3)53-65)32(59)50-27-20-66-67-21-28(51-34(61)26(19-31(57)58)49-36(27)63)35(62)48-25(33(60)42-8)11-12-44-37(40)41/h22,25-28,37,44-46,64-65H,9-21,40-41H2,1-8H3,(H,42,60)(H,43,55)(H,47,56)(H,48,62)(H,49,63)(H,50,59)(H,51,61)(H,57,58)/b52-23-,53-24-/t22-,25-,26-,27-,28-/m0/s1. The molecule has 0 aromatic rings. The summed E-state index contributed by atoms with van der Waals surface area (Å²) in [6.07, 6.45) is -2.11. The summed E-state index contributed by atoms with van der Waals surface area (Å²) in [6, 6.07) is -6.49. The van der Waals surface area contributed by atoms with Crippen LogP contribution in [0, 0.1) is 0 Å². The summed E-state index contributed by atoms with van der Waals surface area (Å²) >= 11 is 0. The van der Waals surface area contributed by atoms with Gasteiger partial charge in [0.1, 0.15) is 36.5 Å². The van der Waals surface area contributed by atoms with Gasteiger partial charge in [0, 0.05) is 77.2 Å². The van der Waals surface area contributed by atoms with E-state index in [1.165, 1.54) is 14.0 Å². The van der Waals surface area contributed by atoms with Crippen LogP contribution in [0.15, 0.2) is 10.3 Å². The molecule has 17 N–H and O–H groups in total. The van der Waals surface area contributed by atoms with E-state index >= 15 is 0 Å². The maximum Gasteiger partial charge on any atom is 0.305 e. The Morgan fingerprint density at radius 2 is 1.36 bits per heavy atom. The van der Waals surface area contributed by atoms with Crippen molar-refractivity contribution in [3.63, 3.8) is 0 Å². The van der Waals surface area contributed by atoms with Gasteiger partial charge in [-0.05, 0) is 54.9 Å². The quantitative estimate of drug-likeness (QED) is 0.0116. The Morgan fingerprint density at radius 3 is 1.90 bits per heavy atom. The van der Waals surface area contributed by atoms with Crippen molar-refractivity contribution in [3.8, 4) is 0 Å². The highest BCUT2D eigenvalue weighted by atomic mass is 33.1. The van der Waals surface area contributed by atoms with E-state index < -0.39 is 101 Å². The molecular formula is C39H73N15O11S2. The molecule has 1 fully saturated rings. The minimum Gasteiger partial charge on any atom is -0.481 e. The molecule has 0 aromatic carbocycles. The second kappa shape index (κ2) is 30.5. The van der Waals surface area contributed by atoms with Crippen molar-refractivity contribution >= 4 is 80.3 Å². The van der Waals surface area contributed by atoms with Gasteiger partial charge in [-0.25, -0.2) is 0 Å². The third kappa shape index (κ3) is 23.6. The van der Waals surface area contributed by atoms with Gasteiger partial charge < -0.3 is 74.8 Å². The number of likely N-dealkylation sites (N-methyl/N-ethyl adjacent to an activating group) is 1. The number of carbonyl (C=O) groups is 8. The van der Waals surface area contributed by atoms with Crippen molar-refractivity contribution in [2.45, 2.75) is 122 Å². The third-order valence-corrected chi connectivity index (χ3v) is 13.1. The predicted octanol–water partition coefficient (Wildman–Crippen LogP) is -4.14. The number of carboxylic acids is 1. The lowest BCUT2D eigenvalue weighted by atomic mass is 9.99. The fourth-order valence-electron chi connectivity index (χ4n) is 5.88. The summed E-state index contributed by atoms with van der Waals surface area (Å²) in [7, 11) is 3.50. The number of hydrogen-bond acceptors (Lipinski definition) is 20. The van der Waals surface area contributed by atoms with E-state index in [1.54, 1.807) is 13.8 Å². The molecule has 1 saturated heterocycles. The van der Waals surface area contributed by atoms with Crippen molar-refractivity contribution in [1.82, 2.24) is 58.1 Å². The van der Waals surface area contributed by atoms with E-state index in [0.29, 0.717) is 44.1 Å². The number of carbonyl (C=O) groups excluding carboxylic acids is 7. The zero-order chi connectivity index (χ0) is 50.9. The molecule has 7 amide bonds. The summed E-state index contributed by atoms with van der Waals surface area (Å²) in [5.41, 5.74) is 10.9. The molecule has 1 aliphatic rings. The van der Waals surface area contributed by atoms with Gasteiger partial charge in [0.05, 0.1) is 28.9 Å². The molecule has 1 rings (SSSR count). The summed E-state index contributed by atoms with van der Waals surface area (Å²) in [4.78, 5) is 105. The maximum absolute atomic E-state index is 13.4. The Bertz CT molecular complexity index is 1700. The molecular weight excluding hydrogens is 919 g/mol. The number of aliphatic carboxylic acids is 1. The largest absolute Gasteiger partial charge is 0.481 e. The smallest absolute Gasteiger partial charge is 0.305 e. The molecule has 382 valence electrons. The highest BCUT2D eigenvalue weighted by molar-refractivity contribution is 8.76.